The number of rotatable bonds is 8. The number of hydrogen-bond donors (Lipinski definition) is 1. The molecule has 0 bridgehead atoms. The van der Waals surface area contributed by atoms with E-state index < -0.39 is 0 Å². The van der Waals surface area contributed by atoms with Crippen LogP contribution in [-0.2, 0) is 22.4 Å². The number of para-hydroxylation sites is 2. The van der Waals surface area contributed by atoms with Gasteiger partial charge in [-0.25, -0.2) is 4.98 Å². The van der Waals surface area contributed by atoms with E-state index in [-0.39, 0.29) is 17.7 Å². The molecule has 3 rings (SSSR count). The zero-order chi connectivity index (χ0) is 19.2. The number of aryl methyl sites for hydroxylation is 1. The molecule has 1 amide bonds. The Morgan fingerprint density at radius 3 is 2.48 bits per heavy atom. The molecule has 0 spiro atoms. The van der Waals surface area contributed by atoms with Crippen molar-refractivity contribution in [1.29, 1.82) is 0 Å². The molecular weight excluding hydrogens is 338 g/mol. The highest BCUT2D eigenvalue weighted by Gasteiger charge is 2.18. The lowest BCUT2D eigenvalue weighted by Gasteiger charge is -2.15. The number of carbonyl (C=O) groups is 2. The van der Waals surface area contributed by atoms with Gasteiger partial charge >= 0.3 is 0 Å². The van der Waals surface area contributed by atoms with Crippen molar-refractivity contribution in [3.63, 3.8) is 0 Å². The quantitative estimate of drug-likeness (QED) is 0.666. The minimum atomic E-state index is -0.277. The molecule has 0 aliphatic rings. The highest BCUT2D eigenvalue weighted by molar-refractivity contribution is 5.84. The molecule has 1 heterocycles. The van der Waals surface area contributed by atoms with E-state index in [9.17, 15) is 9.59 Å². The molecule has 27 heavy (non-hydrogen) atoms. The van der Waals surface area contributed by atoms with Crippen LogP contribution < -0.4 is 5.32 Å². The van der Waals surface area contributed by atoms with Crippen LogP contribution >= 0.6 is 0 Å². The summed E-state index contributed by atoms with van der Waals surface area (Å²) in [6.45, 7) is 3.98. The van der Waals surface area contributed by atoms with E-state index >= 15 is 0 Å². The van der Waals surface area contributed by atoms with Gasteiger partial charge in [0.15, 0.2) is 5.78 Å². The topological polar surface area (TPSA) is 64.0 Å². The van der Waals surface area contributed by atoms with Crippen LogP contribution in [0.1, 0.15) is 37.7 Å². The summed E-state index contributed by atoms with van der Waals surface area (Å²) in [6.07, 6.45) is 1.78. The van der Waals surface area contributed by atoms with Crippen LogP contribution in [0.15, 0.2) is 54.6 Å². The molecule has 1 atom stereocenters. The Hall–Kier alpha value is -2.95. The summed E-state index contributed by atoms with van der Waals surface area (Å²) in [4.78, 5) is 28.7. The van der Waals surface area contributed by atoms with Crippen molar-refractivity contribution in [1.82, 2.24) is 14.9 Å². The van der Waals surface area contributed by atoms with E-state index in [1.807, 2.05) is 66.1 Å². The fourth-order valence-corrected chi connectivity index (χ4v) is 3.19. The third-order valence-electron chi connectivity index (χ3n) is 4.80. The smallest absolute Gasteiger partial charge is 0.220 e. The molecule has 1 aromatic heterocycles. The standard InChI is InChI=1S/C22H25N3O2/c1-16(17(2)26)25-20-11-7-6-10-19(20)24-21(25)14-15-23-22(27)13-12-18-8-4-3-5-9-18/h3-11,16H,12-15H2,1-2H3,(H,23,27). The Morgan fingerprint density at radius 2 is 1.74 bits per heavy atom. The lowest BCUT2D eigenvalue weighted by Crippen LogP contribution is -2.27. The zero-order valence-electron chi connectivity index (χ0n) is 15.8. The minimum absolute atomic E-state index is 0.0288. The average molecular weight is 363 g/mol. The second-order valence-corrected chi connectivity index (χ2v) is 6.76. The predicted octanol–water partition coefficient (Wildman–Crippen LogP) is 3.48. The first-order valence-electron chi connectivity index (χ1n) is 9.33. The van der Waals surface area contributed by atoms with Crippen LogP contribution in [0, 0.1) is 0 Å². The van der Waals surface area contributed by atoms with Gasteiger partial charge in [-0.2, -0.15) is 0 Å². The van der Waals surface area contributed by atoms with Gasteiger partial charge in [-0.1, -0.05) is 42.5 Å². The van der Waals surface area contributed by atoms with Gasteiger partial charge in [0.2, 0.25) is 5.91 Å². The fourth-order valence-electron chi connectivity index (χ4n) is 3.19. The van der Waals surface area contributed by atoms with E-state index in [2.05, 4.69) is 10.3 Å². The zero-order valence-corrected chi connectivity index (χ0v) is 15.8. The lowest BCUT2D eigenvalue weighted by atomic mass is 10.1. The number of ketones is 1. The molecule has 0 aliphatic heterocycles. The van der Waals surface area contributed by atoms with Crippen LogP contribution in [0.2, 0.25) is 0 Å². The van der Waals surface area contributed by atoms with E-state index in [0.29, 0.717) is 19.4 Å². The number of nitrogens with zero attached hydrogens (tertiary/aromatic N) is 2. The molecule has 1 N–H and O–H groups in total. The number of amides is 1. The Kier molecular flexibility index (Phi) is 6.01. The number of Topliss-reactive ketones (excluding diaryl/α,β-unsaturated/α-hetero) is 1. The molecule has 0 fully saturated rings. The van der Waals surface area contributed by atoms with Gasteiger partial charge in [0.25, 0.3) is 0 Å². The monoisotopic (exact) mass is 363 g/mol. The first kappa shape index (κ1) is 18.8. The average Bonchev–Trinajstić information content (AvgIpc) is 3.04. The summed E-state index contributed by atoms with van der Waals surface area (Å²) in [5.74, 6) is 0.940. The summed E-state index contributed by atoms with van der Waals surface area (Å²) in [6, 6.07) is 17.5. The third kappa shape index (κ3) is 4.61. The molecule has 0 saturated carbocycles. The number of nitrogens with one attached hydrogen (secondary N) is 1. The number of benzene rings is 2. The maximum Gasteiger partial charge on any atom is 0.220 e. The van der Waals surface area contributed by atoms with Gasteiger partial charge in [0.1, 0.15) is 5.82 Å². The van der Waals surface area contributed by atoms with Crippen molar-refractivity contribution in [3.05, 3.63) is 66.0 Å². The Labute approximate surface area is 159 Å². The molecule has 5 heteroatoms. The van der Waals surface area contributed by atoms with Crippen LogP contribution in [0.25, 0.3) is 11.0 Å². The van der Waals surface area contributed by atoms with Crippen LogP contribution in [0.5, 0.6) is 0 Å². The number of carbonyl (C=O) groups excluding carboxylic acids is 2. The maximum atomic E-state index is 12.1. The van der Waals surface area contributed by atoms with Crippen molar-refractivity contribution in [2.45, 2.75) is 39.2 Å². The Bertz CT molecular complexity index is 931. The Morgan fingerprint density at radius 1 is 1.04 bits per heavy atom. The van der Waals surface area contributed by atoms with Crippen LogP contribution in [-0.4, -0.2) is 27.8 Å². The number of imidazole rings is 1. The summed E-state index contributed by atoms with van der Waals surface area (Å²) in [7, 11) is 0. The summed E-state index contributed by atoms with van der Waals surface area (Å²) in [5, 5.41) is 2.96. The minimum Gasteiger partial charge on any atom is -0.356 e. The second kappa shape index (κ2) is 8.62. The second-order valence-electron chi connectivity index (χ2n) is 6.76. The lowest BCUT2D eigenvalue weighted by molar-refractivity contribution is -0.121. The first-order chi connectivity index (χ1) is 13.1. The number of aromatic nitrogens is 2. The maximum absolute atomic E-state index is 12.1. The first-order valence-corrected chi connectivity index (χ1v) is 9.33. The van der Waals surface area contributed by atoms with E-state index in [1.165, 1.54) is 0 Å². The molecule has 3 aromatic rings. The van der Waals surface area contributed by atoms with Gasteiger partial charge in [-0.15, -0.1) is 0 Å². The van der Waals surface area contributed by atoms with Crippen molar-refractivity contribution < 1.29 is 9.59 Å². The fraction of sp³-hybridized carbons (Fsp3) is 0.318. The van der Waals surface area contributed by atoms with E-state index in [1.54, 1.807) is 6.92 Å². The number of fused-ring (bicyclic) bond motifs is 1. The van der Waals surface area contributed by atoms with Crippen molar-refractivity contribution in [2.75, 3.05) is 6.54 Å². The molecule has 0 radical (unpaired) electrons. The molecule has 1 unspecified atom stereocenters. The predicted molar refractivity (Wildman–Crippen MR) is 107 cm³/mol. The molecule has 0 aliphatic carbocycles. The largest absolute Gasteiger partial charge is 0.356 e. The summed E-state index contributed by atoms with van der Waals surface area (Å²) < 4.78 is 1.98. The Balaban J connectivity index is 1.62. The number of hydrogen-bond acceptors (Lipinski definition) is 3. The highest BCUT2D eigenvalue weighted by Crippen LogP contribution is 2.22. The molecule has 140 valence electrons. The third-order valence-corrected chi connectivity index (χ3v) is 4.80. The van der Waals surface area contributed by atoms with Gasteiger partial charge in [-0.3, -0.25) is 9.59 Å². The SMILES string of the molecule is CC(=O)C(C)n1c(CCNC(=O)CCc2ccccc2)nc2ccccc21. The van der Waals surface area contributed by atoms with Crippen molar-refractivity contribution in [3.8, 4) is 0 Å². The van der Waals surface area contributed by atoms with Gasteiger partial charge in [-0.05, 0) is 38.0 Å². The summed E-state index contributed by atoms with van der Waals surface area (Å²) >= 11 is 0. The van der Waals surface area contributed by atoms with Crippen LogP contribution in [0.3, 0.4) is 0 Å². The van der Waals surface area contributed by atoms with Crippen molar-refractivity contribution in [2.24, 2.45) is 0 Å². The van der Waals surface area contributed by atoms with Crippen molar-refractivity contribution >= 4 is 22.7 Å². The van der Waals surface area contributed by atoms with Gasteiger partial charge in [0.05, 0.1) is 17.1 Å². The van der Waals surface area contributed by atoms with E-state index in [0.717, 1.165) is 28.8 Å². The highest BCUT2D eigenvalue weighted by atomic mass is 16.1. The van der Waals surface area contributed by atoms with Crippen LogP contribution in [0.4, 0.5) is 0 Å². The normalized spacial score (nSPS) is 12.1. The van der Waals surface area contributed by atoms with Gasteiger partial charge < -0.3 is 9.88 Å². The van der Waals surface area contributed by atoms with E-state index in [4.69, 9.17) is 0 Å². The molecule has 5 nitrogen and oxygen atoms in total. The van der Waals surface area contributed by atoms with Gasteiger partial charge in [0, 0.05) is 19.4 Å². The molecule has 2 aromatic carbocycles. The molecule has 0 saturated heterocycles. The molecular formula is C22H25N3O2. The summed E-state index contributed by atoms with van der Waals surface area (Å²) in [5.41, 5.74) is 2.98.